The summed E-state index contributed by atoms with van der Waals surface area (Å²) in [6.07, 6.45) is 0. The zero-order valence-corrected chi connectivity index (χ0v) is 12.6. The highest BCUT2D eigenvalue weighted by molar-refractivity contribution is 9.10. The van der Waals surface area contributed by atoms with Gasteiger partial charge in [0.1, 0.15) is 5.82 Å². The molecule has 1 unspecified atom stereocenters. The zero-order valence-electron chi connectivity index (χ0n) is 11.0. The second-order valence-corrected chi connectivity index (χ2v) is 5.63. The first-order valence-electron chi connectivity index (χ1n) is 6.33. The molecule has 0 fully saturated rings. The first-order chi connectivity index (χ1) is 9.06. The number of halogens is 2. The molecular formula is C16H17BrFN. The number of rotatable bonds is 4. The molecule has 0 saturated heterocycles. The first-order valence-corrected chi connectivity index (χ1v) is 7.12. The summed E-state index contributed by atoms with van der Waals surface area (Å²) in [5.74, 6) is -0.192. The van der Waals surface area contributed by atoms with Crippen LogP contribution >= 0.6 is 15.9 Å². The van der Waals surface area contributed by atoms with Crippen molar-refractivity contribution in [2.24, 2.45) is 0 Å². The van der Waals surface area contributed by atoms with Crippen LogP contribution in [0.4, 0.5) is 4.39 Å². The van der Waals surface area contributed by atoms with Gasteiger partial charge in [-0.2, -0.15) is 0 Å². The van der Waals surface area contributed by atoms with E-state index in [1.807, 2.05) is 25.1 Å². The van der Waals surface area contributed by atoms with Crippen molar-refractivity contribution in [2.45, 2.75) is 25.9 Å². The largest absolute Gasteiger partial charge is 0.304 e. The lowest BCUT2D eigenvalue weighted by Crippen LogP contribution is -2.22. The Morgan fingerprint density at radius 1 is 0.947 bits per heavy atom. The SMILES string of the molecule is CC(N[C@H](C)c1cccc(F)c1)c1ccc(Br)cc1. The van der Waals surface area contributed by atoms with Crippen molar-refractivity contribution in [3.8, 4) is 0 Å². The van der Waals surface area contributed by atoms with E-state index in [9.17, 15) is 4.39 Å². The Kier molecular flexibility index (Phi) is 4.72. The number of hydrogen-bond acceptors (Lipinski definition) is 1. The average molecular weight is 322 g/mol. The second kappa shape index (κ2) is 6.31. The molecule has 100 valence electrons. The Hall–Kier alpha value is -1.19. The summed E-state index contributed by atoms with van der Waals surface area (Å²) in [4.78, 5) is 0. The molecular weight excluding hydrogens is 305 g/mol. The van der Waals surface area contributed by atoms with Crippen molar-refractivity contribution < 1.29 is 4.39 Å². The molecule has 0 aliphatic carbocycles. The van der Waals surface area contributed by atoms with Gasteiger partial charge in [-0.05, 0) is 49.2 Å². The topological polar surface area (TPSA) is 12.0 Å². The van der Waals surface area contributed by atoms with Crippen molar-refractivity contribution in [3.05, 3.63) is 69.9 Å². The minimum atomic E-state index is -0.192. The molecule has 0 saturated carbocycles. The van der Waals surface area contributed by atoms with Gasteiger partial charge in [-0.3, -0.25) is 0 Å². The Labute approximate surface area is 122 Å². The minimum Gasteiger partial charge on any atom is -0.304 e. The van der Waals surface area contributed by atoms with E-state index < -0.39 is 0 Å². The summed E-state index contributed by atoms with van der Waals surface area (Å²) in [6.45, 7) is 4.16. The van der Waals surface area contributed by atoms with Gasteiger partial charge in [0.05, 0.1) is 0 Å². The summed E-state index contributed by atoms with van der Waals surface area (Å²) < 4.78 is 14.3. The molecule has 0 aromatic heterocycles. The monoisotopic (exact) mass is 321 g/mol. The van der Waals surface area contributed by atoms with E-state index in [-0.39, 0.29) is 17.9 Å². The average Bonchev–Trinajstić information content (AvgIpc) is 2.39. The maximum Gasteiger partial charge on any atom is 0.123 e. The fraction of sp³-hybridized carbons (Fsp3) is 0.250. The quantitative estimate of drug-likeness (QED) is 0.835. The van der Waals surface area contributed by atoms with Crippen molar-refractivity contribution in [1.29, 1.82) is 0 Å². The molecule has 1 nitrogen and oxygen atoms in total. The van der Waals surface area contributed by atoms with Crippen LogP contribution in [0.2, 0.25) is 0 Å². The summed E-state index contributed by atoms with van der Waals surface area (Å²) in [5.41, 5.74) is 2.18. The zero-order chi connectivity index (χ0) is 13.8. The van der Waals surface area contributed by atoms with Crippen LogP contribution in [0.3, 0.4) is 0 Å². The summed E-state index contributed by atoms with van der Waals surface area (Å²) >= 11 is 3.43. The predicted molar refractivity (Wildman–Crippen MR) is 80.5 cm³/mol. The normalized spacial score (nSPS) is 14.1. The molecule has 2 aromatic carbocycles. The van der Waals surface area contributed by atoms with Gasteiger partial charge in [0.15, 0.2) is 0 Å². The molecule has 0 amide bonds. The van der Waals surface area contributed by atoms with Crippen LogP contribution in [0.25, 0.3) is 0 Å². The molecule has 0 aliphatic rings. The van der Waals surface area contributed by atoms with E-state index in [0.717, 1.165) is 10.0 Å². The lowest BCUT2D eigenvalue weighted by atomic mass is 10.0. The van der Waals surface area contributed by atoms with Gasteiger partial charge in [-0.25, -0.2) is 4.39 Å². The van der Waals surface area contributed by atoms with Crippen molar-refractivity contribution in [3.63, 3.8) is 0 Å². The summed E-state index contributed by atoms with van der Waals surface area (Å²) in [6, 6.07) is 15.3. The van der Waals surface area contributed by atoms with E-state index in [1.54, 1.807) is 12.1 Å². The van der Waals surface area contributed by atoms with E-state index in [0.29, 0.717) is 0 Å². The minimum absolute atomic E-state index is 0.106. The van der Waals surface area contributed by atoms with Crippen molar-refractivity contribution in [2.75, 3.05) is 0 Å². The Balaban J connectivity index is 2.06. The molecule has 0 radical (unpaired) electrons. The van der Waals surface area contributed by atoms with E-state index in [2.05, 4.69) is 40.3 Å². The Morgan fingerprint density at radius 2 is 1.58 bits per heavy atom. The lowest BCUT2D eigenvalue weighted by molar-refractivity contribution is 0.492. The van der Waals surface area contributed by atoms with Crippen molar-refractivity contribution >= 4 is 15.9 Å². The second-order valence-electron chi connectivity index (χ2n) is 4.72. The summed E-state index contributed by atoms with van der Waals surface area (Å²) in [7, 11) is 0. The molecule has 0 heterocycles. The molecule has 0 bridgehead atoms. The van der Waals surface area contributed by atoms with Gasteiger partial charge < -0.3 is 5.32 Å². The van der Waals surface area contributed by atoms with E-state index in [4.69, 9.17) is 0 Å². The van der Waals surface area contributed by atoms with Gasteiger partial charge in [-0.1, -0.05) is 40.2 Å². The van der Waals surface area contributed by atoms with Crippen LogP contribution < -0.4 is 5.32 Å². The fourth-order valence-electron chi connectivity index (χ4n) is 2.09. The van der Waals surface area contributed by atoms with Crippen molar-refractivity contribution in [1.82, 2.24) is 5.32 Å². The molecule has 0 spiro atoms. The number of nitrogens with one attached hydrogen (secondary N) is 1. The van der Waals surface area contributed by atoms with Gasteiger partial charge in [0.25, 0.3) is 0 Å². The van der Waals surface area contributed by atoms with E-state index in [1.165, 1.54) is 11.6 Å². The molecule has 1 N–H and O–H groups in total. The highest BCUT2D eigenvalue weighted by atomic mass is 79.9. The van der Waals surface area contributed by atoms with Crippen LogP contribution in [0, 0.1) is 5.82 Å². The first kappa shape index (κ1) is 14.2. The molecule has 19 heavy (non-hydrogen) atoms. The van der Waals surface area contributed by atoms with Crippen LogP contribution in [-0.4, -0.2) is 0 Å². The summed E-state index contributed by atoms with van der Waals surface area (Å²) in [5, 5.41) is 3.48. The third-order valence-electron chi connectivity index (χ3n) is 3.22. The maximum atomic E-state index is 13.2. The molecule has 2 aromatic rings. The van der Waals surface area contributed by atoms with Gasteiger partial charge in [0.2, 0.25) is 0 Å². The smallest absolute Gasteiger partial charge is 0.123 e. The predicted octanol–water partition coefficient (Wildman–Crippen LogP) is 5.00. The Bertz CT molecular complexity index is 539. The van der Waals surface area contributed by atoms with Gasteiger partial charge >= 0.3 is 0 Å². The van der Waals surface area contributed by atoms with E-state index >= 15 is 0 Å². The van der Waals surface area contributed by atoms with Crippen LogP contribution in [0.1, 0.15) is 37.1 Å². The van der Waals surface area contributed by atoms with Crippen LogP contribution in [0.5, 0.6) is 0 Å². The maximum absolute atomic E-state index is 13.2. The highest BCUT2D eigenvalue weighted by Crippen LogP contribution is 2.21. The van der Waals surface area contributed by atoms with Gasteiger partial charge in [-0.15, -0.1) is 0 Å². The fourth-order valence-corrected chi connectivity index (χ4v) is 2.36. The molecule has 2 rings (SSSR count). The third-order valence-corrected chi connectivity index (χ3v) is 3.75. The standard InChI is InChI=1S/C16H17BrFN/c1-11(13-6-8-15(17)9-7-13)19-12(2)14-4-3-5-16(18)10-14/h3-12,19H,1-2H3/t11?,12-/m1/s1. The highest BCUT2D eigenvalue weighted by Gasteiger charge is 2.11. The number of hydrogen-bond donors (Lipinski definition) is 1. The van der Waals surface area contributed by atoms with Crippen LogP contribution in [-0.2, 0) is 0 Å². The molecule has 3 heteroatoms. The molecule has 0 aliphatic heterocycles. The third kappa shape index (κ3) is 3.88. The van der Waals surface area contributed by atoms with Gasteiger partial charge in [0, 0.05) is 16.6 Å². The lowest BCUT2D eigenvalue weighted by Gasteiger charge is -2.21. The Morgan fingerprint density at radius 3 is 2.21 bits per heavy atom. The van der Waals surface area contributed by atoms with Crippen LogP contribution in [0.15, 0.2) is 53.0 Å². The molecule has 2 atom stereocenters. The number of benzene rings is 2.